The van der Waals surface area contributed by atoms with Gasteiger partial charge in [0.2, 0.25) is 0 Å². The summed E-state index contributed by atoms with van der Waals surface area (Å²) in [5.74, 6) is 2.33. The van der Waals surface area contributed by atoms with Gasteiger partial charge in [-0.1, -0.05) is 90.1 Å². The summed E-state index contributed by atoms with van der Waals surface area (Å²) in [7, 11) is 0. The topological polar surface area (TPSA) is 6.25 Å². The van der Waals surface area contributed by atoms with E-state index in [0.29, 0.717) is 11.8 Å². The minimum atomic E-state index is 0.262. The number of fused-ring (bicyclic) bond motifs is 2. The van der Waals surface area contributed by atoms with Crippen molar-refractivity contribution in [1.82, 2.24) is 0 Å². The van der Waals surface area contributed by atoms with Crippen molar-refractivity contribution >= 4 is 11.5 Å². The van der Waals surface area contributed by atoms with Crippen LogP contribution >= 0.6 is 0 Å². The summed E-state index contributed by atoms with van der Waals surface area (Å²) < 4.78 is 2.69. The van der Waals surface area contributed by atoms with Crippen molar-refractivity contribution < 1.29 is 4.58 Å². The van der Waals surface area contributed by atoms with E-state index in [2.05, 4.69) is 118 Å². The van der Waals surface area contributed by atoms with E-state index in [1.54, 1.807) is 5.56 Å². The van der Waals surface area contributed by atoms with Crippen LogP contribution < -0.4 is 4.90 Å². The highest BCUT2D eigenvalue weighted by Gasteiger charge is 2.44. The summed E-state index contributed by atoms with van der Waals surface area (Å²) in [5.41, 5.74) is 10.3. The second-order valence-electron chi connectivity index (χ2n) is 11.4. The standard InChI is InChI=1S/C34H43N2/c1-7-34(8-2)18-19-35-20-21-36(33(35)28-16-12-13-17-31(28)34)32-29(24(3)4)22-27(23-30(32)25(5)6)26-14-10-9-11-15-26/h9-17,22-25H,7-8,18-21H2,1-6H3/q+1. The van der Waals surface area contributed by atoms with Gasteiger partial charge in [-0.05, 0) is 71.4 Å². The fraction of sp³-hybridized carbons (Fsp3) is 0.441. The Bertz CT molecular complexity index is 1230. The minimum absolute atomic E-state index is 0.262. The maximum absolute atomic E-state index is 2.69. The molecule has 0 aliphatic carbocycles. The van der Waals surface area contributed by atoms with Crippen LogP contribution in [-0.4, -0.2) is 30.0 Å². The number of benzene rings is 3. The lowest BCUT2D eigenvalue weighted by Gasteiger charge is -2.32. The van der Waals surface area contributed by atoms with Crippen LogP contribution in [0.5, 0.6) is 0 Å². The molecule has 3 aromatic carbocycles. The molecule has 2 aliphatic heterocycles. The van der Waals surface area contributed by atoms with Gasteiger partial charge < -0.3 is 0 Å². The number of rotatable bonds is 6. The summed E-state index contributed by atoms with van der Waals surface area (Å²) in [6, 6.07) is 25.1. The predicted octanol–water partition coefficient (Wildman–Crippen LogP) is 8.34. The van der Waals surface area contributed by atoms with E-state index in [9.17, 15) is 0 Å². The van der Waals surface area contributed by atoms with Crippen molar-refractivity contribution in [1.29, 1.82) is 0 Å². The molecule has 2 nitrogen and oxygen atoms in total. The first-order chi connectivity index (χ1) is 17.4. The molecule has 2 aliphatic rings. The molecule has 0 unspecified atom stereocenters. The van der Waals surface area contributed by atoms with Crippen LogP contribution in [0.2, 0.25) is 0 Å². The van der Waals surface area contributed by atoms with E-state index in [1.807, 2.05) is 0 Å². The van der Waals surface area contributed by atoms with Crippen molar-refractivity contribution in [2.45, 2.75) is 78.1 Å². The molecule has 0 atom stereocenters. The normalized spacial score (nSPS) is 16.9. The van der Waals surface area contributed by atoms with Crippen molar-refractivity contribution in [3.63, 3.8) is 0 Å². The van der Waals surface area contributed by atoms with Gasteiger partial charge in [0.25, 0.3) is 5.84 Å². The zero-order chi connectivity index (χ0) is 25.4. The van der Waals surface area contributed by atoms with Gasteiger partial charge in [-0.25, -0.2) is 4.90 Å². The first-order valence-electron chi connectivity index (χ1n) is 14.1. The quantitative estimate of drug-likeness (QED) is 0.322. The SMILES string of the molecule is CCC1(CC)CC[N+]2=C(c3ccccc31)N(c1c(C(C)C)cc(-c3ccccc3)cc1C(C)C)CC2. The van der Waals surface area contributed by atoms with E-state index >= 15 is 0 Å². The lowest BCUT2D eigenvalue weighted by atomic mass is 9.72. The zero-order valence-corrected chi connectivity index (χ0v) is 23.1. The first kappa shape index (κ1) is 24.8. The van der Waals surface area contributed by atoms with E-state index < -0.39 is 0 Å². The highest BCUT2D eigenvalue weighted by atomic mass is 15.3. The molecule has 0 radical (unpaired) electrons. The molecular weight excluding hydrogens is 436 g/mol. The molecule has 0 spiro atoms. The summed E-state index contributed by atoms with van der Waals surface area (Å²) >= 11 is 0. The van der Waals surface area contributed by atoms with Crippen molar-refractivity contribution in [3.05, 3.63) is 89.0 Å². The number of amidine groups is 1. The Kier molecular flexibility index (Phi) is 6.81. The van der Waals surface area contributed by atoms with Gasteiger partial charge in [0.15, 0.2) is 0 Å². The molecule has 0 bridgehead atoms. The maximum Gasteiger partial charge on any atom is 0.285 e. The number of nitrogens with zero attached hydrogens (tertiary/aromatic N) is 2. The Balaban J connectivity index is 1.73. The third-order valence-electron chi connectivity index (χ3n) is 8.89. The molecule has 3 aromatic rings. The van der Waals surface area contributed by atoms with Crippen LogP contribution in [0.25, 0.3) is 11.1 Å². The zero-order valence-electron chi connectivity index (χ0n) is 23.1. The third kappa shape index (κ3) is 4.09. The van der Waals surface area contributed by atoms with E-state index in [1.165, 1.54) is 58.6 Å². The van der Waals surface area contributed by atoms with E-state index in [4.69, 9.17) is 0 Å². The van der Waals surface area contributed by atoms with Crippen molar-refractivity contribution in [3.8, 4) is 11.1 Å². The summed E-state index contributed by atoms with van der Waals surface area (Å²) in [4.78, 5) is 2.69. The molecule has 5 rings (SSSR count). The molecule has 0 amide bonds. The van der Waals surface area contributed by atoms with Gasteiger partial charge in [-0.3, -0.25) is 4.58 Å². The Morgan fingerprint density at radius 3 is 2.00 bits per heavy atom. The van der Waals surface area contributed by atoms with Crippen LogP contribution in [0.1, 0.15) is 94.9 Å². The van der Waals surface area contributed by atoms with Gasteiger partial charge in [0.05, 0.1) is 12.1 Å². The number of anilines is 1. The van der Waals surface area contributed by atoms with Gasteiger partial charge in [-0.15, -0.1) is 0 Å². The lowest BCUT2D eigenvalue weighted by molar-refractivity contribution is -0.518. The molecule has 0 aromatic heterocycles. The fourth-order valence-electron chi connectivity index (χ4n) is 6.63. The molecular formula is C34H43N2+. The van der Waals surface area contributed by atoms with E-state index in [0.717, 1.165) is 19.6 Å². The van der Waals surface area contributed by atoms with Gasteiger partial charge >= 0.3 is 0 Å². The second-order valence-corrected chi connectivity index (χ2v) is 11.4. The molecule has 0 N–H and O–H groups in total. The molecule has 0 saturated heterocycles. The van der Waals surface area contributed by atoms with Crippen LogP contribution in [-0.2, 0) is 5.41 Å². The van der Waals surface area contributed by atoms with Crippen LogP contribution in [0.4, 0.5) is 5.69 Å². The molecule has 2 heterocycles. The van der Waals surface area contributed by atoms with Crippen LogP contribution in [0.15, 0.2) is 66.7 Å². The molecule has 2 heteroatoms. The lowest BCUT2D eigenvalue weighted by Crippen LogP contribution is -2.34. The Hall–Kier alpha value is -2.87. The van der Waals surface area contributed by atoms with Crippen molar-refractivity contribution in [2.75, 3.05) is 24.5 Å². The fourth-order valence-corrected chi connectivity index (χ4v) is 6.63. The average Bonchev–Trinajstić information content (AvgIpc) is 3.27. The summed E-state index contributed by atoms with van der Waals surface area (Å²) in [6.07, 6.45) is 3.62. The predicted molar refractivity (Wildman–Crippen MR) is 155 cm³/mol. The number of hydrogen-bond acceptors (Lipinski definition) is 1. The Morgan fingerprint density at radius 1 is 0.778 bits per heavy atom. The first-order valence-corrected chi connectivity index (χ1v) is 14.1. The molecule has 188 valence electrons. The smallest absolute Gasteiger partial charge is 0.257 e. The summed E-state index contributed by atoms with van der Waals surface area (Å²) in [6.45, 7) is 17.5. The van der Waals surface area contributed by atoms with Gasteiger partial charge in [-0.2, -0.15) is 0 Å². The van der Waals surface area contributed by atoms with E-state index in [-0.39, 0.29) is 5.41 Å². The molecule has 0 fully saturated rings. The van der Waals surface area contributed by atoms with Gasteiger partial charge in [0.1, 0.15) is 18.8 Å². The summed E-state index contributed by atoms with van der Waals surface area (Å²) in [5, 5.41) is 0. The second kappa shape index (κ2) is 9.88. The number of hydrogen-bond donors (Lipinski definition) is 0. The van der Waals surface area contributed by atoms with Crippen LogP contribution in [0.3, 0.4) is 0 Å². The molecule has 36 heavy (non-hydrogen) atoms. The largest absolute Gasteiger partial charge is 0.285 e. The molecule has 0 saturated carbocycles. The Morgan fingerprint density at radius 2 is 1.39 bits per heavy atom. The third-order valence-corrected chi connectivity index (χ3v) is 8.89. The minimum Gasteiger partial charge on any atom is -0.257 e. The Labute approximate surface area is 218 Å². The monoisotopic (exact) mass is 479 g/mol. The van der Waals surface area contributed by atoms with Gasteiger partial charge in [0, 0.05) is 11.1 Å². The average molecular weight is 480 g/mol. The van der Waals surface area contributed by atoms with Crippen molar-refractivity contribution in [2.24, 2.45) is 0 Å². The highest BCUT2D eigenvalue weighted by molar-refractivity contribution is 6.10. The maximum atomic E-state index is 2.69. The highest BCUT2D eigenvalue weighted by Crippen LogP contribution is 2.44. The van der Waals surface area contributed by atoms with Crippen LogP contribution in [0, 0.1) is 0 Å².